The lowest BCUT2D eigenvalue weighted by Gasteiger charge is -2.23. The Balaban J connectivity index is 5.27. The molecule has 4 unspecified atom stereocenters. The van der Waals surface area contributed by atoms with Crippen LogP contribution in [0.3, 0.4) is 0 Å². The Hall–Kier alpha value is -3.40. The second-order valence-corrected chi connectivity index (χ2v) is 6.88. The van der Waals surface area contributed by atoms with Gasteiger partial charge in [-0.2, -0.15) is 12.6 Å². The van der Waals surface area contributed by atoms with Gasteiger partial charge in [0.2, 0.25) is 23.6 Å². The number of nitrogens with two attached hydrogens (primary N) is 2. The lowest BCUT2D eigenvalue weighted by Crippen LogP contribution is -2.58. The van der Waals surface area contributed by atoms with Gasteiger partial charge < -0.3 is 42.7 Å². The summed E-state index contributed by atoms with van der Waals surface area (Å²) in [5.74, 6) is -8.89. The van der Waals surface area contributed by atoms with E-state index in [1.807, 2.05) is 10.6 Å². The van der Waals surface area contributed by atoms with E-state index in [1.54, 1.807) is 0 Å². The molecule has 180 valence electrons. The molecule has 0 rings (SSSR count). The number of primary amides is 1. The lowest BCUT2D eigenvalue weighted by molar-refractivity contribution is -0.148. The summed E-state index contributed by atoms with van der Waals surface area (Å²) in [5, 5.41) is 32.8. The van der Waals surface area contributed by atoms with Crippen molar-refractivity contribution in [2.45, 2.75) is 49.9 Å². The van der Waals surface area contributed by atoms with Crippen LogP contribution in [0.25, 0.3) is 0 Å². The molecule has 0 aromatic carbocycles. The fraction of sp³-hybridized carbons (Fsp3) is 0.562. The molecule has 0 aliphatic carbocycles. The van der Waals surface area contributed by atoms with E-state index in [1.165, 1.54) is 0 Å². The molecule has 0 saturated heterocycles. The SMILES string of the molecule is NC(=O)CCC(N)C(=O)NC(CS)C(=O)NC(CC(=O)O)C(=O)NC(CC(=O)O)C(=O)O. The molecule has 0 aromatic rings. The summed E-state index contributed by atoms with van der Waals surface area (Å²) in [7, 11) is 0. The van der Waals surface area contributed by atoms with Crippen molar-refractivity contribution in [3.8, 4) is 0 Å². The Morgan fingerprint density at radius 1 is 0.750 bits per heavy atom. The van der Waals surface area contributed by atoms with Crippen LogP contribution in [0.5, 0.6) is 0 Å². The van der Waals surface area contributed by atoms with Crippen molar-refractivity contribution in [3.05, 3.63) is 0 Å². The second-order valence-electron chi connectivity index (χ2n) is 6.51. The van der Waals surface area contributed by atoms with E-state index in [-0.39, 0.29) is 18.6 Å². The van der Waals surface area contributed by atoms with Gasteiger partial charge in [-0.25, -0.2) is 4.79 Å². The van der Waals surface area contributed by atoms with Crippen LogP contribution in [0.1, 0.15) is 25.7 Å². The van der Waals surface area contributed by atoms with E-state index in [0.717, 1.165) is 0 Å². The predicted molar refractivity (Wildman–Crippen MR) is 108 cm³/mol. The monoisotopic (exact) mass is 479 g/mol. The zero-order valence-corrected chi connectivity index (χ0v) is 17.5. The van der Waals surface area contributed by atoms with Crippen molar-refractivity contribution >= 4 is 54.2 Å². The first-order chi connectivity index (χ1) is 14.8. The van der Waals surface area contributed by atoms with Crippen LogP contribution in [-0.4, -0.2) is 86.8 Å². The summed E-state index contributed by atoms with van der Waals surface area (Å²) in [6, 6.07) is -6.23. The molecule has 0 aromatic heterocycles. The van der Waals surface area contributed by atoms with E-state index in [4.69, 9.17) is 26.8 Å². The Kier molecular flexibility index (Phi) is 12.3. The fourth-order valence-corrected chi connectivity index (χ4v) is 2.46. The third kappa shape index (κ3) is 11.1. The number of hydrogen-bond donors (Lipinski definition) is 9. The standard InChI is InChI=1S/C16H25N5O10S/c17-6(1-2-10(18)22)13(27)21-9(5-32)15(29)19-7(3-11(23)24)14(28)20-8(16(30)31)4-12(25)26/h6-9,32H,1-5,17H2,(H2,18,22)(H,19,29)(H,20,28)(H,21,27)(H,23,24)(H,25,26)(H,30,31). The van der Waals surface area contributed by atoms with Gasteiger partial charge in [0, 0.05) is 12.2 Å². The summed E-state index contributed by atoms with van der Waals surface area (Å²) in [6.45, 7) is 0. The maximum Gasteiger partial charge on any atom is 0.326 e. The number of nitrogens with one attached hydrogen (secondary N) is 3. The molecule has 0 aliphatic rings. The Morgan fingerprint density at radius 2 is 1.19 bits per heavy atom. The van der Waals surface area contributed by atoms with E-state index >= 15 is 0 Å². The summed E-state index contributed by atoms with van der Waals surface area (Å²) in [6.07, 6.45) is -2.25. The Bertz CT molecular complexity index is 761. The molecule has 0 aliphatic heterocycles. The van der Waals surface area contributed by atoms with Crippen molar-refractivity contribution < 1.29 is 48.9 Å². The van der Waals surface area contributed by atoms with Crippen molar-refractivity contribution in [1.82, 2.24) is 16.0 Å². The maximum atomic E-state index is 12.4. The van der Waals surface area contributed by atoms with Gasteiger partial charge in [-0.05, 0) is 6.42 Å². The quantitative estimate of drug-likeness (QED) is 0.102. The third-order valence-corrected chi connectivity index (χ3v) is 4.22. The molecule has 0 saturated carbocycles. The topological polar surface area (TPSA) is 268 Å². The van der Waals surface area contributed by atoms with Gasteiger partial charge in [0.15, 0.2) is 0 Å². The zero-order chi connectivity index (χ0) is 25.0. The van der Waals surface area contributed by atoms with Crippen LogP contribution in [0.4, 0.5) is 0 Å². The molecule has 16 heteroatoms. The molecule has 10 N–H and O–H groups in total. The minimum Gasteiger partial charge on any atom is -0.481 e. The number of carboxylic acids is 3. The second kappa shape index (κ2) is 13.8. The fourth-order valence-electron chi connectivity index (χ4n) is 2.20. The van der Waals surface area contributed by atoms with Gasteiger partial charge in [-0.1, -0.05) is 0 Å². The molecule has 0 heterocycles. The van der Waals surface area contributed by atoms with Crippen molar-refractivity contribution in [2.24, 2.45) is 11.5 Å². The van der Waals surface area contributed by atoms with Gasteiger partial charge in [0.05, 0.1) is 18.9 Å². The number of carboxylic acid groups (broad SMARTS) is 3. The summed E-state index contributed by atoms with van der Waals surface area (Å²) in [4.78, 5) is 80.4. The number of thiol groups is 1. The number of aliphatic carboxylic acids is 3. The first kappa shape index (κ1) is 28.6. The highest BCUT2D eigenvalue weighted by Crippen LogP contribution is 2.01. The number of hydrogen-bond acceptors (Lipinski definition) is 9. The first-order valence-electron chi connectivity index (χ1n) is 9.00. The highest BCUT2D eigenvalue weighted by molar-refractivity contribution is 7.80. The molecular weight excluding hydrogens is 454 g/mol. The maximum absolute atomic E-state index is 12.4. The van der Waals surface area contributed by atoms with Crippen molar-refractivity contribution in [3.63, 3.8) is 0 Å². The van der Waals surface area contributed by atoms with Crippen LogP contribution in [0.2, 0.25) is 0 Å². The largest absolute Gasteiger partial charge is 0.481 e. The van der Waals surface area contributed by atoms with Crippen molar-refractivity contribution in [2.75, 3.05) is 5.75 Å². The molecule has 0 bridgehead atoms. The number of amides is 4. The summed E-state index contributed by atoms with van der Waals surface area (Å²) >= 11 is 3.90. The summed E-state index contributed by atoms with van der Waals surface area (Å²) < 4.78 is 0. The molecule has 4 amide bonds. The zero-order valence-electron chi connectivity index (χ0n) is 16.6. The number of carbonyl (C=O) groups is 7. The highest BCUT2D eigenvalue weighted by atomic mass is 32.1. The molecular formula is C16H25N5O10S. The van der Waals surface area contributed by atoms with Crippen LogP contribution in [0.15, 0.2) is 0 Å². The van der Waals surface area contributed by atoms with Crippen LogP contribution in [0, 0.1) is 0 Å². The minimum absolute atomic E-state index is 0.105. The first-order valence-corrected chi connectivity index (χ1v) is 9.63. The van der Waals surface area contributed by atoms with E-state index in [2.05, 4.69) is 17.9 Å². The molecule has 0 radical (unpaired) electrons. The van der Waals surface area contributed by atoms with Crippen LogP contribution >= 0.6 is 12.6 Å². The number of carbonyl (C=O) groups excluding carboxylic acids is 4. The van der Waals surface area contributed by atoms with Gasteiger partial charge >= 0.3 is 17.9 Å². The Labute approximate surface area is 186 Å². The van der Waals surface area contributed by atoms with Crippen LogP contribution < -0.4 is 27.4 Å². The number of rotatable bonds is 15. The minimum atomic E-state index is -1.88. The normalized spacial score (nSPS) is 14.2. The summed E-state index contributed by atoms with van der Waals surface area (Å²) in [5.41, 5.74) is 10.5. The highest BCUT2D eigenvalue weighted by Gasteiger charge is 2.32. The molecule has 15 nitrogen and oxygen atoms in total. The van der Waals surface area contributed by atoms with E-state index in [0.29, 0.717) is 0 Å². The van der Waals surface area contributed by atoms with Gasteiger partial charge in [0.25, 0.3) is 0 Å². The molecule has 4 atom stereocenters. The molecule has 0 fully saturated rings. The molecule has 32 heavy (non-hydrogen) atoms. The van der Waals surface area contributed by atoms with Gasteiger partial charge in [-0.3, -0.25) is 28.8 Å². The van der Waals surface area contributed by atoms with Gasteiger partial charge in [-0.15, -0.1) is 0 Å². The lowest BCUT2D eigenvalue weighted by atomic mass is 10.1. The molecule has 0 spiro atoms. The van der Waals surface area contributed by atoms with Crippen molar-refractivity contribution in [1.29, 1.82) is 0 Å². The average molecular weight is 479 g/mol. The van der Waals surface area contributed by atoms with E-state index in [9.17, 15) is 33.6 Å². The van der Waals surface area contributed by atoms with E-state index < -0.39 is 78.5 Å². The smallest absolute Gasteiger partial charge is 0.326 e. The third-order valence-electron chi connectivity index (χ3n) is 3.86. The van der Waals surface area contributed by atoms with Gasteiger partial charge in [0.1, 0.15) is 18.1 Å². The predicted octanol–water partition coefficient (Wildman–Crippen LogP) is -4.00. The Morgan fingerprint density at radius 3 is 1.62 bits per heavy atom. The average Bonchev–Trinajstić information content (AvgIpc) is 2.67. The van der Waals surface area contributed by atoms with Crippen LogP contribution in [-0.2, 0) is 33.6 Å².